The van der Waals surface area contributed by atoms with Gasteiger partial charge in [0.05, 0.1) is 17.7 Å². The molecule has 0 atom stereocenters. The summed E-state index contributed by atoms with van der Waals surface area (Å²) in [5.41, 5.74) is -1.28. The van der Waals surface area contributed by atoms with E-state index in [2.05, 4.69) is 9.72 Å². The van der Waals surface area contributed by atoms with Crippen molar-refractivity contribution in [2.75, 3.05) is 7.11 Å². The van der Waals surface area contributed by atoms with Gasteiger partial charge in [0.25, 0.3) is 0 Å². The molecule has 0 amide bonds. The molecule has 0 saturated carbocycles. The first kappa shape index (κ1) is 15.8. The third-order valence-corrected chi connectivity index (χ3v) is 3.03. The van der Waals surface area contributed by atoms with Crippen LogP contribution < -0.4 is 0 Å². The van der Waals surface area contributed by atoms with Crippen molar-refractivity contribution >= 4 is 23.3 Å². The lowest BCUT2D eigenvalue weighted by atomic mass is 10.1. The lowest BCUT2D eigenvalue weighted by Gasteiger charge is -2.07. The highest BCUT2D eigenvalue weighted by molar-refractivity contribution is 6.31. The highest BCUT2D eigenvalue weighted by Crippen LogP contribution is 2.28. The molecule has 0 fully saturated rings. The van der Waals surface area contributed by atoms with Crippen molar-refractivity contribution in [3.8, 4) is 11.3 Å². The Bertz CT molecular complexity index is 760. The van der Waals surface area contributed by atoms with Crippen molar-refractivity contribution in [3.63, 3.8) is 0 Å². The molecule has 0 unspecified atom stereocenters. The molecular formula is C13H7ClF2N2O4. The van der Waals surface area contributed by atoms with Crippen molar-refractivity contribution in [2.24, 2.45) is 0 Å². The standard InChI is InChI=1S/C13H7ClF2N2O4/c1-22-13(19)11-7(15)4-6(5-8(11)16)9-2-3-10(18(20)21)12(14)17-9/h2-5H,1H3. The van der Waals surface area contributed by atoms with Crippen LogP contribution in [0.3, 0.4) is 0 Å². The zero-order valence-corrected chi connectivity index (χ0v) is 11.7. The van der Waals surface area contributed by atoms with Crippen molar-refractivity contribution < 1.29 is 23.2 Å². The number of nitro groups is 1. The second-order valence-electron chi connectivity index (χ2n) is 4.07. The Morgan fingerprint density at radius 3 is 2.36 bits per heavy atom. The Kier molecular flexibility index (Phi) is 4.32. The van der Waals surface area contributed by atoms with Crippen LogP contribution in [0.2, 0.25) is 5.15 Å². The molecule has 2 rings (SSSR count). The molecule has 1 aromatic carbocycles. The molecule has 0 spiro atoms. The first-order chi connectivity index (χ1) is 10.3. The Hall–Kier alpha value is -2.61. The molecule has 2 aromatic rings. The smallest absolute Gasteiger partial charge is 0.343 e. The molecule has 1 heterocycles. The molecule has 0 aliphatic carbocycles. The fraction of sp³-hybridized carbons (Fsp3) is 0.0769. The van der Waals surface area contributed by atoms with Gasteiger partial charge in [0.2, 0.25) is 5.15 Å². The first-order valence-corrected chi connectivity index (χ1v) is 6.11. The largest absolute Gasteiger partial charge is 0.465 e. The van der Waals surface area contributed by atoms with Gasteiger partial charge >= 0.3 is 11.7 Å². The lowest BCUT2D eigenvalue weighted by Crippen LogP contribution is -2.08. The summed E-state index contributed by atoms with van der Waals surface area (Å²) in [7, 11) is 0.993. The molecular weight excluding hydrogens is 322 g/mol. The summed E-state index contributed by atoms with van der Waals surface area (Å²) in [6, 6.07) is 3.98. The highest BCUT2D eigenvalue weighted by atomic mass is 35.5. The van der Waals surface area contributed by atoms with Crippen molar-refractivity contribution in [1.29, 1.82) is 0 Å². The number of nitrogens with zero attached hydrogens (tertiary/aromatic N) is 2. The predicted molar refractivity (Wildman–Crippen MR) is 72.6 cm³/mol. The molecule has 0 aliphatic heterocycles. The van der Waals surface area contributed by atoms with Gasteiger partial charge in [-0.05, 0) is 18.2 Å². The van der Waals surface area contributed by atoms with Gasteiger partial charge in [-0.15, -0.1) is 0 Å². The van der Waals surface area contributed by atoms with Gasteiger partial charge in [-0.1, -0.05) is 11.6 Å². The first-order valence-electron chi connectivity index (χ1n) is 5.73. The SMILES string of the molecule is COC(=O)c1c(F)cc(-c2ccc([N+](=O)[O-])c(Cl)n2)cc1F. The second kappa shape index (κ2) is 6.02. The monoisotopic (exact) mass is 328 g/mol. The second-order valence-corrected chi connectivity index (χ2v) is 4.43. The minimum absolute atomic E-state index is 0.0183. The fourth-order valence-corrected chi connectivity index (χ4v) is 1.97. The van der Waals surface area contributed by atoms with E-state index in [1.807, 2.05) is 0 Å². The number of pyridine rings is 1. The molecule has 6 nitrogen and oxygen atoms in total. The van der Waals surface area contributed by atoms with Gasteiger partial charge < -0.3 is 4.74 Å². The number of benzene rings is 1. The maximum atomic E-state index is 13.8. The number of halogens is 3. The van der Waals surface area contributed by atoms with Gasteiger partial charge in [0.1, 0.15) is 17.2 Å². The minimum Gasteiger partial charge on any atom is -0.465 e. The maximum Gasteiger partial charge on any atom is 0.343 e. The van der Waals surface area contributed by atoms with Crippen LogP contribution in [0.1, 0.15) is 10.4 Å². The van der Waals surface area contributed by atoms with Crippen molar-refractivity contribution in [3.05, 3.63) is 56.7 Å². The number of rotatable bonds is 3. The van der Waals surface area contributed by atoms with Gasteiger partial charge in [-0.25, -0.2) is 18.6 Å². The van der Waals surface area contributed by atoms with E-state index in [1.165, 1.54) is 6.07 Å². The minimum atomic E-state index is -1.16. The summed E-state index contributed by atoms with van der Waals surface area (Å²) in [5.74, 6) is -3.44. The van der Waals surface area contributed by atoms with E-state index in [9.17, 15) is 23.7 Å². The van der Waals surface area contributed by atoms with E-state index in [0.717, 1.165) is 25.3 Å². The molecule has 1 aromatic heterocycles. The number of methoxy groups -OCH3 is 1. The molecule has 9 heteroatoms. The molecule has 0 radical (unpaired) electrons. The van der Waals surface area contributed by atoms with Crippen molar-refractivity contribution in [2.45, 2.75) is 0 Å². The average molecular weight is 329 g/mol. The highest BCUT2D eigenvalue weighted by Gasteiger charge is 2.21. The maximum absolute atomic E-state index is 13.8. The van der Waals surface area contributed by atoms with Crippen molar-refractivity contribution in [1.82, 2.24) is 4.98 Å². The van der Waals surface area contributed by atoms with Crippen LogP contribution in [0.4, 0.5) is 14.5 Å². The Labute approximate surface area is 127 Å². The zero-order valence-electron chi connectivity index (χ0n) is 11.0. The summed E-state index contributed by atoms with van der Waals surface area (Å²) in [4.78, 5) is 24.9. The van der Waals surface area contributed by atoms with E-state index in [-0.39, 0.29) is 11.3 Å². The van der Waals surface area contributed by atoms with E-state index in [1.54, 1.807) is 0 Å². The number of ether oxygens (including phenoxy) is 1. The van der Waals surface area contributed by atoms with E-state index < -0.39 is 38.9 Å². The van der Waals surface area contributed by atoms with Crippen LogP contribution in [-0.4, -0.2) is 23.0 Å². The van der Waals surface area contributed by atoms with Crippen LogP contribution in [-0.2, 0) is 4.74 Å². The molecule has 0 aliphatic rings. The predicted octanol–water partition coefficient (Wildman–Crippen LogP) is 3.38. The molecule has 0 N–H and O–H groups in total. The van der Waals surface area contributed by atoms with E-state index in [4.69, 9.17) is 11.6 Å². The van der Waals surface area contributed by atoms with Crippen LogP contribution in [0.15, 0.2) is 24.3 Å². The molecule has 0 saturated heterocycles. The third kappa shape index (κ3) is 2.86. The number of esters is 1. The van der Waals surface area contributed by atoms with Gasteiger partial charge in [-0.3, -0.25) is 10.1 Å². The third-order valence-electron chi connectivity index (χ3n) is 2.75. The normalized spacial score (nSPS) is 10.4. The number of hydrogen-bond acceptors (Lipinski definition) is 5. The zero-order chi connectivity index (χ0) is 16.4. The van der Waals surface area contributed by atoms with Crippen LogP contribution in [0, 0.1) is 21.7 Å². The quantitative estimate of drug-likeness (QED) is 0.373. The van der Waals surface area contributed by atoms with Crippen LogP contribution >= 0.6 is 11.6 Å². The number of hydrogen-bond donors (Lipinski definition) is 0. The van der Waals surface area contributed by atoms with E-state index in [0.29, 0.717) is 0 Å². The van der Waals surface area contributed by atoms with E-state index >= 15 is 0 Å². The summed E-state index contributed by atoms with van der Waals surface area (Å²) in [6.45, 7) is 0. The number of aromatic nitrogens is 1. The van der Waals surface area contributed by atoms with Gasteiger partial charge in [0.15, 0.2) is 0 Å². The molecule has 114 valence electrons. The molecule has 0 bridgehead atoms. The van der Waals surface area contributed by atoms with Crippen LogP contribution in [0.5, 0.6) is 0 Å². The summed E-state index contributed by atoms with van der Waals surface area (Å²) >= 11 is 5.64. The summed E-state index contributed by atoms with van der Waals surface area (Å²) in [5, 5.41) is 10.2. The fourth-order valence-electron chi connectivity index (χ4n) is 1.74. The Balaban J connectivity index is 2.53. The lowest BCUT2D eigenvalue weighted by molar-refractivity contribution is -0.385. The Morgan fingerprint density at radius 2 is 1.91 bits per heavy atom. The Morgan fingerprint density at radius 1 is 1.32 bits per heavy atom. The van der Waals surface area contributed by atoms with Gasteiger partial charge in [0, 0.05) is 11.6 Å². The molecule has 22 heavy (non-hydrogen) atoms. The van der Waals surface area contributed by atoms with Crippen LogP contribution in [0.25, 0.3) is 11.3 Å². The topological polar surface area (TPSA) is 82.3 Å². The van der Waals surface area contributed by atoms with Gasteiger partial charge in [-0.2, -0.15) is 0 Å². The summed E-state index contributed by atoms with van der Waals surface area (Å²) in [6.07, 6.45) is 0. The average Bonchev–Trinajstić information content (AvgIpc) is 2.45. The number of carbonyl (C=O) groups is 1. The number of carbonyl (C=O) groups excluding carboxylic acids is 1. The summed E-state index contributed by atoms with van der Waals surface area (Å²) < 4.78 is 31.9.